The van der Waals surface area contributed by atoms with Crippen molar-refractivity contribution < 1.29 is 9.21 Å². The molecule has 1 N–H and O–H groups in total. The highest BCUT2D eigenvalue weighted by Crippen LogP contribution is 2.28. The highest BCUT2D eigenvalue weighted by atomic mass is 127. The Hall–Kier alpha value is -2.39. The second kappa shape index (κ2) is 9.23. The number of fused-ring (bicyclic) bond motifs is 1. The molecule has 2 aromatic heterocycles. The predicted octanol–water partition coefficient (Wildman–Crippen LogP) is 7.09. The van der Waals surface area contributed by atoms with E-state index >= 15 is 0 Å². The molecule has 32 heavy (non-hydrogen) atoms. The van der Waals surface area contributed by atoms with E-state index in [4.69, 9.17) is 4.42 Å². The van der Waals surface area contributed by atoms with Gasteiger partial charge in [0.15, 0.2) is 5.76 Å². The Morgan fingerprint density at radius 2 is 1.88 bits per heavy atom. The van der Waals surface area contributed by atoms with Crippen LogP contribution in [0.25, 0.3) is 16.7 Å². The molecule has 4 rings (SSSR count). The molecular formula is C25H23BrIN3O2. The summed E-state index contributed by atoms with van der Waals surface area (Å²) in [7, 11) is 0. The van der Waals surface area contributed by atoms with E-state index in [1.54, 1.807) is 12.3 Å². The molecular weight excluding hydrogens is 581 g/mol. The number of carbonyl (C=O) groups is 1. The third-order valence-electron chi connectivity index (χ3n) is 5.42. The predicted molar refractivity (Wildman–Crippen MR) is 141 cm³/mol. The lowest BCUT2D eigenvalue weighted by Gasteiger charge is -2.12. The topological polar surface area (TPSA) is 59.5 Å². The maximum atomic E-state index is 12.5. The molecule has 0 aliphatic rings. The number of nitrogens with zero attached hydrogens (tertiary/aromatic N) is 2. The zero-order valence-corrected chi connectivity index (χ0v) is 22.0. The number of hydrogen-bond acceptors (Lipinski definition) is 3. The molecule has 0 saturated heterocycles. The van der Waals surface area contributed by atoms with Crippen LogP contribution in [0.4, 0.5) is 0 Å². The number of rotatable bonds is 5. The monoisotopic (exact) mass is 603 g/mol. The van der Waals surface area contributed by atoms with Gasteiger partial charge in [0.05, 0.1) is 9.78 Å². The fourth-order valence-electron chi connectivity index (χ4n) is 3.73. The smallest absolute Gasteiger partial charge is 0.307 e. The van der Waals surface area contributed by atoms with Gasteiger partial charge in [0.25, 0.3) is 0 Å². The minimum Gasteiger partial charge on any atom is -0.450 e. The van der Waals surface area contributed by atoms with Crippen LogP contribution in [-0.2, 0) is 0 Å². The molecule has 4 aromatic rings. The number of benzene rings is 2. The van der Waals surface area contributed by atoms with Crippen LogP contribution < -0.4 is 5.43 Å². The van der Waals surface area contributed by atoms with Crippen molar-refractivity contribution in [3.05, 3.63) is 84.8 Å². The summed E-state index contributed by atoms with van der Waals surface area (Å²) in [6.45, 7) is 8.49. The molecule has 0 radical (unpaired) electrons. The first-order valence-corrected chi connectivity index (χ1v) is 12.1. The van der Waals surface area contributed by atoms with Gasteiger partial charge in [-0.2, -0.15) is 5.10 Å². The number of furan rings is 1. The normalized spacial score (nSPS) is 11.7. The van der Waals surface area contributed by atoms with Gasteiger partial charge in [-0.15, -0.1) is 0 Å². The van der Waals surface area contributed by atoms with Gasteiger partial charge in [-0.25, -0.2) is 5.43 Å². The summed E-state index contributed by atoms with van der Waals surface area (Å²) in [5, 5.41) is 5.03. The number of aromatic nitrogens is 1. The van der Waals surface area contributed by atoms with E-state index < -0.39 is 0 Å². The molecule has 2 heterocycles. The summed E-state index contributed by atoms with van der Waals surface area (Å²) in [4.78, 5) is 12.5. The van der Waals surface area contributed by atoms with E-state index in [1.165, 1.54) is 5.56 Å². The first-order valence-electron chi connectivity index (χ1n) is 10.3. The molecule has 0 fully saturated rings. The van der Waals surface area contributed by atoms with Crippen LogP contribution in [0.5, 0.6) is 0 Å². The van der Waals surface area contributed by atoms with Crippen LogP contribution in [0.1, 0.15) is 52.8 Å². The van der Waals surface area contributed by atoms with Gasteiger partial charge in [0.1, 0.15) is 5.58 Å². The standard InChI is InChI=1S/C25H23BrIN3O2/c1-14(2)17-5-7-21(8-6-17)30-15(3)9-19(16(30)4)13-28-29-25(31)23-11-18-10-20(26)12-22(27)24(18)32-23/h5-14H,1-4H3,(H,29,31)/b28-13-. The third kappa shape index (κ3) is 4.54. The van der Waals surface area contributed by atoms with Gasteiger partial charge < -0.3 is 8.98 Å². The second-order valence-electron chi connectivity index (χ2n) is 8.02. The lowest BCUT2D eigenvalue weighted by Crippen LogP contribution is -2.16. The van der Waals surface area contributed by atoms with E-state index in [0.717, 1.165) is 36.1 Å². The van der Waals surface area contributed by atoms with E-state index in [2.05, 4.69) is 105 Å². The summed E-state index contributed by atoms with van der Waals surface area (Å²) in [5.41, 5.74) is 8.78. The molecule has 1 amide bonds. The zero-order valence-electron chi connectivity index (χ0n) is 18.2. The third-order valence-corrected chi connectivity index (χ3v) is 6.68. The van der Waals surface area contributed by atoms with Crippen LogP contribution in [0, 0.1) is 17.4 Å². The number of amides is 1. The summed E-state index contributed by atoms with van der Waals surface area (Å²) in [6, 6.07) is 16.3. The maximum absolute atomic E-state index is 12.5. The Morgan fingerprint density at radius 1 is 1.16 bits per heavy atom. The largest absolute Gasteiger partial charge is 0.450 e. The minimum atomic E-state index is -0.387. The van der Waals surface area contributed by atoms with Gasteiger partial charge >= 0.3 is 5.91 Å². The molecule has 0 bridgehead atoms. The highest BCUT2D eigenvalue weighted by Gasteiger charge is 2.15. The molecule has 0 aliphatic carbocycles. The Labute approximate surface area is 209 Å². The summed E-state index contributed by atoms with van der Waals surface area (Å²) in [5.74, 6) is 0.338. The number of carbonyl (C=O) groups excluding carboxylic acids is 1. The van der Waals surface area contributed by atoms with Crippen LogP contribution >= 0.6 is 38.5 Å². The van der Waals surface area contributed by atoms with Crippen LogP contribution in [0.3, 0.4) is 0 Å². The lowest BCUT2D eigenvalue weighted by molar-refractivity contribution is 0.0929. The average molecular weight is 604 g/mol. The summed E-state index contributed by atoms with van der Waals surface area (Å²) < 4.78 is 9.79. The maximum Gasteiger partial charge on any atom is 0.307 e. The quantitative estimate of drug-likeness (QED) is 0.150. The van der Waals surface area contributed by atoms with Crippen molar-refractivity contribution in [1.82, 2.24) is 9.99 Å². The molecule has 0 spiro atoms. The zero-order chi connectivity index (χ0) is 23.0. The van der Waals surface area contributed by atoms with E-state index in [-0.39, 0.29) is 11.7 Å². The van der Waals surface area contributed by atoms with Crippen molar-refractivity contribution in [1.29, 1.82) is 0 Å². The van der Waals surface area contributed by atoms with Crippen LogP contribution in [0.15, 0.2) is 62.5 Å². The second-order valence-corrected chi connectivity index (χ2v) is 10.1. The van der Waals surface area contributed by atoms with Crippen molar-refractivity contribution >= 4 is 61.6 Å². The minimum absolute atomic E-state index is 0.226. The number of halogens is 2. The van der Waals surface area contributed by atoms with Crippen molar-refractivity contribution in [2.45, 2.75) is 33.6 Å². The first-order chi connectivity index (χ1) is 15.2. The summed E-state index contributed by atoms with van der Waals surface area (Å²) >= 11 is 5.65. The molecule has 0 aliphatic heterocycles. The fourth-order valence-corrected chi connectivity index (χ4v) is 5.39. The van der Waals surface area contributed by atoms with Gasteiger partial charge in [0, 0.05) is 32.5 Å². The van der Waals surface area contributed by atoms with Gasteiger partial charge in [0.2, 0.25) is 0 Å². The molecule has 0 unspecified atom stereocenters. The number of aryl methyl sites for hydroxylation is 1. The Balaban J connectivity index is 1.52. The van der Waals surface area contributed by atoms with Gasteiger partial charge in [-0.3, -0.25) is 4.79 Å². The molecule has 164 valence electrons. The molecule has 5 nitrogen and oxygen atoms in total. The van der Waals surface area contributed by atoms with Crippen molar-refractivity contribution in [3.8, 4) is 5.69 Å². The molecule has 0 saturated carbocycles. The van der Waals surface area contributed by atoms with Gasteiger partial charge in [-0.05, 0) is 84.3 Å². The summed E-state index contributed by atoms with van der Waals surface area (Å²) in [6.07, 6.45) is 1.67. The van der Waals surface area contributed by atoms with Crippen LogP contribution in [-0.4, -0.2) is 16.7 Å². The van der Waals surface area contributed by atoms with E-state index in [9.17, 15) is 4.79 Å². The Morgan fingerprint density at radius 3 is 2.56 bits per heavy atom. The Kier molecular flexibility index (Phi) is 6.57. The van der Waals surface area contributed by atoms with Crippen molar-refractivity contribution in [2.75, 3.05) is 0 Å². The van der Waals surface area contributed by atoms with Crippen LogP contribution in [0.2, 0.25) is 0 Å². The van der Waals surface area contributed by atoms with Crippen molar-refractivity contribution in [2.24, 2.45) is 5.10 Å². The number of nitrogens with one attached hydrogen (secondary N) is 1. The van der Waals surface area contributed by atoms with E-state index in [0.29, 0.717) is 11.5 Å². The van der Waals surface area contributed by atoms with E-state index in [1.807, 2.05) is 19.1 Å². The Bertz CT molecular complexity index is 1330. The SMILES string of the molecule is Cc1cc(/C=N\NC(=O)c2cc3cc(Br)cc(I)c3o2)c(C)n1-c1ccc(C(C)C)cc1. The molecule has 2 aromatic carbocycles. The highest BCUT2D eigenvalue weighted by molar-refractivity contribution is 14.1. The number of hydrazone groups is 1. The lowest BCUT2D eigenvalue weighted by atomic mass is 10.0. The molecule has 0 atom stereocenters. The van der Waals surface area contributed by atoms with Crippen molar-refractivity contribution in [3.63, 3.8) is 0 Å². The number of hydrogen-bond donors (Lipinski definition) is 1. The first kappa shape index (κ1) is 22.8. The average Bonchev–Trinajstić information content (AvgIpc) is 3.29. The fraction of sp³-hybridized carbons (Fsp3) is 0.200. The van der Waals surface area contributed by atoms with Gasteiger partial charge in [-0.1, -0.05) is 41.9 Å². The molecule has 7 heteroatoms.